The van der Waals surface area contributed by atoms with Crippen LogP contribution in [0.5, 0.6) is 0 Å². The summed E-state index contributed by atoms with van der Waals surface area (Å²) in [4.78, 5) is 25.9. The number of carbonyl (C=O) groups is 1. The summed E-state index contributed by atoms with van der Waals surface area (Å²) in [6.07, 6.45) is 1.80. The lowest BCUT2D eigenvalue weighted by molar-refractivity contribution is -0.384. The Labute approximate surface area is 121 Å². The third-order valence-electron chi connectivity index (χ3n) is 3.36. The maximum absolute atomic E-state index is 11.5. The molecule has 1 fully saturated rings. The van der Waals surface area contributed by atoms with Crippen LogP contribution in [0.2, 0.25) is 0 Å². The van der Waals surface area contributed by atoms with E-state index in [1.165, 1.54) is 19.2 Å². The molecule has 0 saturated carbocycles. The van der Waals surface area contributed by atoms with Crippen molar-refractivity contribution in [3.63, 3.8) is 0 Å². The Morgan fingerprint density at radius 1 is 1.52 bits per heavy atom. The van der Waals surface area contributed by atoms with Gasteiger partial charge in [-0.3, -0.25) is 10.1 Å². The predicted molar refractivity (Wildman–Crippen MR) is 74.3 cm³/mol. The fourth-order valence-corrected chi connectivity index (χ4v) is 2.14. The van der Waals surface area contributed by atoms with E-state index in [-0.39, 0.29) is 17.2 Å². The Morgan fingerprint density at radius 2 is 2.24 bits per heavy atom. The second kappa shape index (κ2) is 6.98. The molecule has 0 bridgehead atoms. The lowest BCUT2D eigenvalue weighted by Gasteiger charge is -2.22. The SMILES string of the molecule is COC(=O)c1ccc([N+](=O)[O-])c(NCC2CCOCC2)n1. The molecule has 0 aromatic carbocycles. The Bertz CT molecular complexity index is 529. The van der Waals surface area contributed by atoms with Crippen LogP contribution < -0.4 is 5.32 Å². The van der Waals surface area contributed by atoms with E-state index in [9.17, 15) is 14.9 Å². The minimum atomic E-state index is -0.626. The maximum atomic E-state index is 11.5. The average Bonchev–Trinajstić information content (AvgIpc) is 2.52. The molecule has 1 aliphatic heterocycles. The third-order valence-corrected chi connectivity index (χ3v) is 3.36. The molecule has 0 aliphatic carbocycles. The first-order valence-corrected chi connectivity index (χ1v) is 6.67. The van der Waals surface area contributed by atoms with Crippen molar-refractivity contribution in [1.82, 2.24) is 4.98 Å². The first kappa shape index (κ1) is 15.2. The van der Waals surface area contributed by atoms with Gasteiger partial charge in [0.1, 0.15) is 0 Å². The second-order valence-electron chi connectivity index (χ2n) is 4.75. The maximum Gasteiger partial charge on any atom is 0.356 e. The van der Waals surface area contributed by atoms with Crippen LogP contribution in [0.3, 0.4) is 0 Å². The van der Waals surface area contributed by atoms with Gasteiger partial charge in [-0.25, -0.2) is 9.78 Å². The van der Waals surface area contributed by atoms with Crippen LogP contribution in [0, 0.1) is 16.0 Å². The number of ether oxygens (including phenoxy) is 2. The number of pyridine rings is 1. The summed E-state index contributed by atoms with van der Waals surface area (Å²) in [5, 5.41) is 14.0. The molecule has 1 saturated heterocycles. The zero-order chi connectivity index (χ0) is 15.2. The number of carbonyl (C=O) groups excluding carboxylic acids is 1. The van der Waals surface area contributed by atoms with Gasteiger partial charge >= 0.3 is 11.7 Å². The zero-order valence-electron chi connectivity index (χ0n) is 11.7. The molecule has 1 aliphatic rings. The first-order valence-electron chi connectivity index (χ1n) is 6.67. The van der Waals surface area contributed by atoms with Gasteiger partial charge in [-0.15, -0.1) is 0 Å². The number of esters is 1. The van der Waals surface area contributed by atoms with E-state index in [1.807, 2.05) is 0 Å². The topological polar surface area (TPSA) is 104 Å². The minimum absolute atomic E-state index is 0.0394. The van der Waals surface area contributed by atoms with Crippen LogP contribution in [0.1, 0.15) is 23.3 Å². The van der Waals surface area contributed by atoms with E-state index in [4.69, 9.17) is 4.74 Å². The van der Waals surface area contributed by atoms with Gasteiger partial charge in [-0.2, -0.15) is 0 Å². The number of nitro groups is 1. The van der Waals surface area contributed by atoms with Gasteiger partial charge in [0, 0.05) is 25.8 Å². The molecule has 8 heteroatoms. The molecule has 0 amide bonds. The van der Waals surface area contributed by atoms with Gasteiger partial charge in [-0.05, 0) is 24.8 Å². The lowest BCUT2D eigenvalue weighted by Crippen LogP contribution is -2.23. The van der Waals surface area contributed by atoms with E-state index in [1.54, 1.807) is 0 Å². The van der Waals surface area contributed by atoms with Crippen LogP contribution in [-0.4, -0.2) is 42.7 Å². The lowest BCUT2D eigenvalue weighted by atomic mass is 10.0. The van der Waals surface area contributed by atoms with Gasteiger partial charge in [-0.1, -0.05) is 0 Å². The Balaban J connectivity index is 2.13. The van der Waals surface area contributed by atoms with Crippen molar-refractivity contribution in [3.8, 4) is 0 Å². The normalized spacial score (nSPS) is 15.5. The molecule has 2 rings (SSSR count). The quantitative estimate of drug-likeness (QED) is 0.500. The van der Waals surface area contributed by atoms with E-state index in [0.717, 1.165) is 12.8 Å². The average molecular weight is 295 g/mol. The van der Waals surface area contributed by atoms with Crippen molar-refractivity contribution in [1.29, 1.82) is 0 Å². The molecule has 0 radical (unpaired) electrons. The number of hydrogen-bond acceptors (Lipinski definition) is 7. The highest BCUT2D eigenvalue weighted by atomic mass is 16.6. The van der Waals surface area contributed by atoms with Crippen LogP contribution in [0.15, 0.2) is 12.1 Å². The molecule has 114 valence electrons. The van der Waals surface area contributed by atoms with Crippen molar-refractivity contribution in [3.05, 3.63) is 27.9 Å². The summed E-state index contributed by atoms with van der Waals surface area (Å²) in [6, 6.07) is 2.54. The standard InChI is InChI=1S/C13H17N3O5/c1-20-13(17)10-2-3-11(16(18)19)12(15-10)14-8-9-4-6-21-7-5-9/h2-3,9H,4-8H2,1H3,(H,14,15). The summed E-state index contributed by atoms with van der Waals surface area (Å²) < 4.78 is 9.84. The number of aromatic nitrogens is 1. The third kappa shape index (κ3) is 3.88. The molecule has 1 aromatic heterocycles. The van der Waals surface area contributed by atoms with Crippen LogP contribution >= 0.6 is 0 Å². The van der Waals surface area contributed by atoms with Crippen molar-refractivity contribution < 1.29 is 19.2 Å². The molecule has 21 heavy (non-hydrogen) atoms. The summed E-state index contributed by atoms with van der Waals surface area (Å²) in [5.74, 6) is -0.157. The van der Waals surface area contributed by atoms with Crippen LogP contribution in [-0.2, 0) is 9.47 Å². The van der Waals surface area contributed by atoms with Crippen molar-refractivity contribution in [2.75, 3.05) is 32.2 Å². The number of methoxy groups -OCH3 is 1. The number of rotatable bonds is 5. The predicted octanol–water partition coefficient (Wildman–Crippen LogP) is 1.61. The Hall–Kier alpha value is -2.22. The van der Waals surface area contributed by atoms with Crippen molar-refractivity contribution in [2.24, 2.45) is 5.92 Å². The smallest absolute Gasteiger partial charge is 0.356 e. The van der Waals surface area contributed by atoms with E-state index < -0.39 is 10.9 Å². The van der Waals surface area contributed by atoms with E-state index in [2.05, 4.69) is 15.0 Å². The Morgan fingerprint density at radius 3 is 2.86 bits per heavy atom. The second-order valence-corrected chi connectivity index (χ2v) is 4.75. The van der Waals surface area contributed by atoms with Crippen molar-refractivity contribution >= 4 is 17.5 Å². The van der Waals surface area contributed by atoms with Gasteiger partial charge < -0.3 is 14.8 Å². The highest BCUT2D eigenvalue weighted by molar-refractivity contribution is 5.88. The fourth-order valence-electron chi connectivity index (χ4n) is 2.14. The summed E-state index contributed by atoms with van der Waals surface area (Å²) >= 11 is 0. The monoisotopic (exact) mass is 295 g/mol. The largest absolute Gasteiger partial charge is 0.464 e. The molecule has 1 aromatic rings. The van der Waals surface area contributed by atoms with E-state index >= 15 is 0 Å². The van der Waals surface area contributed by atoms with Gasteiger partial charge in [0.25, 0.3) is 0 Å². The number of nitrogens with one attached hydrogen (secondary N) is 1. The number of anilines is 1. The summed E-state index contributed by atoms with van der Waals surface area (Å²) in [5.41, 5.74) is -0.118. The van der Waals surface area contributed by atoms with Gasteiger partial charge in [0.15, 0.2) is 5.69 Å². The molecule has 0 unspecified atom stereocenters. The molecular formula is C13H17N3O5. The summed E-state index contributed by atoms with van der Waals surface area (Å²) in [6.45, 7) is 1.95. The fraction of sp³-hybridized carbons (Fsp3) is 0.538. The van der Waals surface area contributed by atoms with Crippen LogP contribution in [0.4, 0.5) is 11.5 Å². The minimum Gasteiger partial charge on any atom is -0.464 e. The molecule has 0 spiro atoms. The molecule has 0 atom stereocenters. The van der Waals surface area contributed by atoms with Gasteiger partial charge in [0.05, 0.1) is 12.0 Å². The van der Waals surface area contributed by atoms with Crippen LogP contribution in [0.25, 0.3) is 0 Å². The first-order chi connectivity index (χ1) is 10.1. The molecule has 2 heterocycles. The van der Waals surface area contributed by atoms with Crippen molar-refractivity contribution in [2.45, 2.75) is 12.8 Å². The highest BCUT2D eigenvalue weighted by Crippen LogP contribution is 2.24. The number of nitrogens with zero attached hydrogens (tertiary/aromatic N) is 2. The molecular weight excluding hydrogens is 278 g/mol. The number of hydrogen-bond donors (Lipinski definition) is 1. The molecule has 1 N–H and O–H groups in total. The van der Waals surface area contributed by atoms with E-state index in [0.29, 0.717) is 25.7 Å². The zero-order valence-corrected chi connectivity index (χ0v) is 11.7. The highest BCUT2D eigenvalue weighted by Gasteiger charge is 2.21. The Kier molecular flexibility index (Phi) is 5.04. The summed E-state index contributed by atoms with van der Waals surface area (Å²) in [7, 11) is 1.24. The van der Waals surface area contributed by atoms with Gasteiger partial charge in [0.2, 0.25) is 5.82 Å². The molecule has 8 nitrogen and oxygen atoms in total.